The molecule has 0 bridgehead atoms. The predicted molar refractivity (Wildman–Crippen MR) is 68.4 cm³/mol. The molecule has 1 aromatic carbocycles. The highest BCUT2D eigenvalue weighted by Gasteiger charge is 2.07. The number of halogens is 2. The van der Waals surface area contributed by atoms with Gasteiger partial charge in [-0.15, -0.1) is 0 Å². The van der Waals surface area contributed by atoms with Gasteiger partial charge in [0.25, 0.3) is 0 Å². The van der Waals surface area contributed by atoms with E-state index in [1.54, 1.807) is 12.1 Å². The van der Waals surface area contributed by atoms with E-state index >= 15 is 0 Å². The Hall–Kier alpha value is -1.75. The van der Waals surface area contributed by atoms with Crippen molar-refractivity contribution in [1.82, 2.24) is 4.98 Å². The first-order valence-electron chi connectivity index (χ1n) is 5.16. The first-order chi connectivity index (χ1) is 8.56. The molecule has 2 rings (SSSR count). The van der Waals surface area contributed by atoms with Gasteiger partial charge in [-0.3, -0.25) is 4.79 Å². The van der Waals surface area contributed by atoms with Gasteiger partial charge in [0.15, 0.2) is 5.78 Å². The zero-order valence-corrected chi connectivity index (χ0v) is 11.1. The Morgan fingerprint density at radius 1 is 1.33 bits per heavy atom. The molecule has 0 saturated carbocycles. The third kappa shape index (κ3) is 2.92. The minimum atomic E-state index is -0.407. The summed E-state index contributed by atoms with van der Waals surface area (Å²) in [5, 5.41) is 0. The Kier molecular flexibility index (Phi) is 3.72. The highest BCUT2D eigenvalue weighted by molar-refractivity contribution is 9.10. The highest BCUT2D eigenvalue weighted by Crippen LogP contribution is 2.29. The van der Waals surface area contributed by atoms with Crippen LogP contribution in [-0.4, -0.2) is 10.8 Å². The van der Waals surface area contributed by atoms with Crippen LogP contribution in [0.1, 0.15) is 17.3 Å². The molecule has 0 fully saturated rings. The monoisotopic (exact) mass is 309 g/mol. The molecule has 0 aliphatic carbocycles. The van der Waals surface area contributed by atoms with Crippen LogP contribution in [0.4, 0.5) is 4.39 Å². The van der Waals surface area contributed by atoms with E-state index in [0.717, 1.165) is 0 Å². The summed E-state index contributed by atoms with van der Waals surface area (Å²) in [6.45, 7) is 1.46. The van der Waals surface area contributed by atoms with Crippen LogP contribution in [0.2, 0.25) is 0 Å². The normalized spacial score (nSPS) is 10.2. The lowest BCUT2D eigenvalue weighted by atomic mass is 10.2. The van der Waals surface area contributed by atoms with Crippen molar-refractivity contribution >= 4 is 21.7 Å². The number of ketones is 1. The maximum Gasteiger partial charge on any atom is 0.219 e. The fourth-order valence-electron chi connectivity index (χ4n) is 1.35. The number of aromatic nitrogens is 1. The average Bonchev–Trinajstić information content (AvgIpc) is 2.34. The third-order valence-corrected chi connectivity index (χ3v) is 2.90. The van der Waals surface area contributed by atoms with E-state index in [2.05, 4.69) is 20.9 Å². The number of benzene rings is 1. The van der Waals surface area contributed by atoms with E-state index in [0.29, 0.717) is 15.8 Å². The standard InChI is InChI=1S/C13H9BrFNO2/c1-8(17)9-4-5-16-13(6-9)18-12-7-10(15)2-3-11(12)14/h2-7H,1H3. The second-order valence-corrected chi connectivity index (χ2v) is 4.47. The van der Waals surface area contributed by atoms with Crippen molar-refractivity contribution in [2.45, 2.75) is 6.92 Å². The van der Waals surface area contributed by atoms with Crippen LogP contribution in [0.25, 0.3) is 0 Å². The predicted octanol–water partition coefficient (Wildman–Crippen LogP) is 3.98. The lowest BCUT2D eigenvalue weighted by Gasteiger charge is -2.07. The second-order valence-electron chi connectivity index (χ2n) is 3.62. The summed E-state index contributed by atoms with van der Waals surface area (Å²) >= 11 is 3.25. The minimum absolute atomic E-state index is 0.0828. The smallest absolute Gasteiger partial charge is 0.219 e. The highest BCUT2D eigenvalue weighted by atomic mass is 79.9. The molecule has 1 aromatic heterocycles. The van der Waals surface area contributed by atoms with E-state index in [9.17, 15) is 9.18 Å². The largest absolute Gasteiger partial charge is 0.438 e. The fourth-order valence-corrected chi connectivity index (χ4v) is 1.68. The fraction of sp³-hybridized carbons (Fsp3) is 0.0769. The lowest BCUT2D eigenvalue weighted by Crippen LogP contribution is -1.95. The van der Waals surface area contributed by atoms with Gasteiger partial charge in [-0.25, -0.2) is 9.37 Å². The molecule has 2 aromatic rings. The van der Waals surface area contributed by atoms with Gasteiger partial charge in [-0.1, -0.05) is 0 Å². The van der Waals surface area contributed by atoms with Crippen molar-refractivity contribution in [2.75, 3.05) is 0 Å². The van der Waals surface area contributed by atoms with Crippen molar-refractivity contribution in [3.8, 4) is 11.6 Å². The summed E-state index contributed by atoms with van der Waals surface area (Å²) in [7, 11) is 0. The summed E-state index contributed by atoms with van der Waals surface area (Å²) in [6.07, 6.45) is 1.47. The van der Waals surface area contributed by atoms with Crippen molar-refractivity contribution in [2.24, 2.45) is 0 Å². The number of carbonyl (C=O) groups excluding carboxylic acids is 1. The van der Waals surface area contributed by atoms with Crippen LogP contribution in [0.15, 0.2) is 41.0 Å². The quantitative estimate of drug-likeness (QED) is 0.805. The van der Waals surface area contributed by atoms with E-state index in [4.69, 9.17) is 4.74 Å². The second kappa shape index (κ2) is 5.27. The number of nitrogens with zero attached hydrogens (tertiary/aromatic N) is 1. The zero-order chi connectivity index (χ0) is 13.1. The van der Waals surface area contributed by atoms with Gasteiger partial charge in [-0.05, 0) is 41.1 Å². The number of Topliss-reactive ketones (excluding diaryl/α,β-unsaturated/α-hetero) is 1. The van der Waals surface area contributed by atoms with Gasteiger partial charge in [0.1, 0.15) is 11.6 Å². The molecule has 0 aliphatic rings. The number of rotatable bonds is 3. The summed E-state index contributed by atoms with van der Waals surface area (Å²) in [6, 6.07) is 7.21. The zero-order valence-electron chi connectivity index (χ0n) is 9.48. The number of hydrogen-bond acceptors (Lipinski definition) is 3. The minimum Gasteiger partial charge on any atom is -0.438 e. The molecule has 1 heterocycles. The van der Waals surface area contributed by atoms with Crippen molar-refractivity contribution in [1.29, 1.82) is 0 Å². The van der Waals surface area contributed by atoms with Crippen molar-refractivity contribution < 1.29 is 13.9 Å². The van der Waals surface area contributed by atoms with Gasteiger partial charge < -0.3 is 4.74 Å². The van der Waals surface area contributed by atoms with Crippen LogP contribution < -0.4 is 4.74 Å². The Morgan fingerprint density at radius 3 is 2.83 bits per heavy atom. The number of ether oxygens (including phenoxy) is 1. The molecule has 0 saturated heterocycles. The molecule has 0 atom stereocenters. The molecule has 3 nitrogen and oxygen atoms in total. The van der Waals surface area contributed by atoms with E-state index < -0.39 is 5.82 Å². The van der Waals surface area contributed by atoms with Gasteiger partial charge in [0.05, 0.1) is 4.47 Å². The topological polar surface area (TPSA) is 39.2 Å². The van der Waals surface area contributed by atoms with Crippen LogP contribution >= 0.6 is 15.9 Å². The third-order valence-electron chi connectivity index (χ3n) is 2.25. The van der Waals surface area contributed by atoms with Gasteiger partial charge in [0, 0.05) is 23.9 Å². The maximum absolute atomic E-state index is 13.1. The molecule has 0 unspecified atom stereocenters. The molecule has 5 heteroatoms. The van der Waals surface area contributed by atoms with Crippen LogP contribution in [0.3, 0.4) is 0 Å². The summed E-state index contributed by atoms with van der Waals surface area (Å²) < 4.78 is 19.1. The Bertz CT molecular complexity index is 601. The SMILES string of the molecule is CC(=O)c1ccnc(Oc2cc(F)ccc2Br)c1. The number of pyridine rings is 1. The lowest BCUT2D eigenvalue weighted by molar-refractivity contribution is 0.101. The maximum atomic E-state index is 13.1. The number of carbonyl (C=O) groups is 1. The van der Waals surface area contributed by atoms with Gasteiger partial charge in [0.2, 0.25) is 5.88 Å². The molecule has 18 heavy (non-hydrogen) atoms. The molecule has 0 radical (unpaired) electrons. The molecule has 0 amide bonds. The Balaban J connectivity index is 2.31. The van der Waals surface area contributed by atoms with Crippen molar-refractivity contribution in [3.05, 3.63) is 52.4 Å². The van der Waals surface area contributed by atoms with Crippen LogP contribution in [0, 0.1) is 5.82 Å². The Morgan fingerprint density at radius 2 is 2.11 bits per heavy atom. The summed E-state index contributed by atoms with van der Waals surface area (Å²) in [4.78, 5) is 15.2. The average molecular weight is 310 g/mol. The Labute approximate surface area is 112 Å². The van der Waals surface area contributed by atoms with Gasteiger partial charge >= 0.3 is 0 Å². The molecular weight excluding hydrogens is 301 g/mol. The van der Waals surface area contributed by atoms with Crippen molar-refractivity contribution in [3.63, 3.8) is 0 Å². The van der Waals surface area contributed by atoms with Crippen LogP contribution in [-0.2, 0) is 0 Å². The van der Waals surface area contributed by atoms with Crippen LogP contribution in [0.5, 0.6) is 11.6 Å². The molecule has 0 aliphatic heterocycles. The molecule has 0 spiro atoms. The van der Waals surface area contributed by atoms with E-state index in [1.165, 1.54) is 31.3 Å². The first kappa shape index (κ1) is 12.7. The summed E-state index contributed by atoms with van der Waals surface area (Å²) in [5.74, 6) is 0.0636. The van der Waals surface area contributed by atoms with Gasteiger partial charge in [-0.2, -0.15) is 0 Å². The molecular formula is C13H9BrFNO2. The van der Waals surface area contributed by atoms with E-state index in [-0.39, 0.29) is 11.7 Å². The number of hydrogen-bond donors (Lipinski definition) is 0. The molecule has 0 N–H and O–H groups in total. The first-order valence-corrected chi connectivity index (χ1v) is 5.95. The summed E-state index contributed by atoms with van der Waals surface area (Å²) in [5.41, 5.74) is 0.493. The van der Waals surface area contributed by atoms with E-state index in [1.807, 2.05) is 0 Å². The molecule has 92 valence electrons.